The average Bonchev–Trinajstić information content (AvgIpc) is 2.61. The topological polar surface area (TPSA) is 93.1 Å². The predicted octanol–water partition coefficient (Wildman–Crippen LogP) is -0.583. The van der Waals surface area contributed by atoms with Crippen molar-refractivity contribution in [3.8, 4) is 0 Å². The highest BCUT2D eigenvalue weighted by Gasteiger charge is 2.20. The second-order valence-electron chi connectivity index (χ2n) is 4.83. The van der Waals surface area contributed by atoms with Gasteiger partial charge in [-0.05, 0) is 13.0 Å². The number of rotatable bonds is 5. The molecule has 0 spiro atoms. The Morgan fingerprint density at radius 2 is 2.00 bits per heavy atom. The van der Waals surface area contributed by atoms with Crippen LogP contribution in [-0.4, -0.2) is 77.9 Å². The van der Waals surface area contributed by atoms with Gasteiger partial charge in [-0.15, -0.1) is 0 Å². The van der Waals surface area contributed by atoms with E-state index in [1.165, 1.54) is 0 Å². The highest BCUT2D eigenvalue weighted by molar-refractivity contribution is 5.75. The van der Waals surface area contributed by atoms with Gasteiger partial charge >= 0.3 is 12.0 Å². The molecular formula is C12H23N3O4. The Labute approximate surface area is 113 Å². The van der Waals surface area contributed by atoms with Gasteiger partial charge in [0.1, 0.15) is 0 Å². The Kier molecular flexibility index (Phi) is 6.58. The van der Waals surface area contributed by atoms with Crippen LogP contribution in [-0.2, 0) is 4.79 Å². The van der Waals surface area contributed by atoms with Crippen molar-refractivity contribution < 1.29 is 19.8 Å². The molecule has 0 aromatic carbocycles. The van der Waals surface area contributed by atoms with E-state index in [1.807, 2.05) is 0 Å². The molecule has 1 aliphatic heterocycles. The van der Waals surface area contributed by atoms with Crippen molar-refractivity contribution in [1.82, 2.24) is 15.1 Å². The van der Waals surface area contributed by atoms with Gasteiger partial charge < -0.3 is 20.4 Å². The molecule has 1 heterocycles. The lowest BCUT2D eigenvalue weighted by molar-refractivity contribution is -0.140. The van der Waals surface area contributed by atoms with E-state index in [-0.39, 0.29) is 19.2 Å². The lowest BCUT2D eigenvalue weighted by Gasteiger charge is -2.22. The standard InChI is InChI=1S/C12H23N3O4/c1-10(11(17)18)9-13-12(19)15-4-2-3-14(5-6-15)7-8-16/h10,16H,2-9H2,1H3,(H,13,19)(H,17,18). The summed E-state index contributed by atoms with van der Waals surface area (Å²) < 4.78 is 0. The van der Waals surface area contributed by atoms with Gasteiger partial charge in [-0.2, -0.15) is 0 Å². The molecule has 0 bridgehead atoms. The molecule has 1 aliphatic rings. The molecule has 1 atom stereocenters. The normalized spacial score (nSPS) is 18.7. The number of aliphatic hydroxyl groups is 1. The molecule has 0 radical (unpaired) electrons. The van der Waals surface area contributed by atoms with Gasteiger partial charge in [0.25, 0.3) is 0 Å². The molecule has 7 nitrogen and oxygen atoms in total. The van der Waals surface area contributed by atoms with E-state index in [9.17, 15) is 9.59 Å². The first-order valence-electron chi connectivity index (χ1n) is 6.63. The fraction of sp³-hybridized carbons (Fsp3) is 0.833. The number of nitrogens with zero attached hydrogens (tertiary/aromatic N) is 2. The van der Waals surface area contributed by atoms with Crippen molar-refractivity contribution in [2.75, 3.05) is 45.9 Å². The SMILES string of the molecule is CC(CNC(=O)N1CCCN(CCO)CC1)C(=O)O. The van der Waals surface area contributed by atoms with Crippen LogP contribution < -0.4 is 5.32 Å². The molecule has 1 saturated heterocycles. The number of aliphatic hydroxyl groups excluding tert-OH is 1. The van der Waals surface area contributed by atoms with Gasteiger partial charge in [0.05, 0.1) is 12.5 Å². The summed E-state index contributed by atoms with van der Waals surface area (Å²) in [5, 5.41) is 20.3. The number of aliphatic carboxylic acids is 1. The van der Waals surface area contributed by atoms with Gasteiger partial charge in [-0.3, -0.25) is 9.69 Å². The number of urea groups is 1. The summed E-state index contributed by atoms with van der Waals surface area (Å²) in [7, 11) is 0. The molecule has 2 amide bonds. The number of hydrogen-bond acceptors (Lipinski definition) is 4. The monoisotopic (exact) mass is 273 g/mol. The Balaban J connectivity index is 2.34. The van der Waals surface area contributed by atoms with Crippen LogP contribution in [0.15, 0.2) is 0 Å². The van der Waals surface area contributed by atoms with E-state index >= 15 is 0 Å². The fourth-order valence-electron chi connectivity index (χ4n) is 1.98. The third kappa shape index (κ3) is 5.44. The Morgan fingerprint density at radius 1 is 1.26 bits per heavy atom. The number of amides is 2. The van der Waals surface area contributed by atoms with Crippen LogP contribution in [0, 0.1) is 5.92 Å². The third-order valence-electron chi connectivity index (χ3n) is 3.27. The first kappa shape index (κ1) is 15.7. The molecule has 110 valence electrons. The molecule has 1 fully saturated rings. The number of carboxylic acids is 1. The van der Waals surface area contributed by atoms with E-state index in [4.69, 9.17) is 10.2 Å². The molecule has 0 saturated carbocycles. The summed E-state index contributed by atoms with van der Waals surface area (Å²) >= 11 is 0. The fourth-order valence-corrected chi connectivity index (χ4v) is 1.98. The van der Waals surface area contributed by atoms with Crippen LogP contribution in [0.2, 0.25) is 0 Å². The van der Waals surface area contributed by atoms with E-state index < -0.39 is 11.9 Å². The quantitative estimate of drug-likeness (QED) is 0.623. The number of nitrogens with one attached hydrogen (secondary N) is 1. The number of hydrogen-bond donors (Lipinski definition) is 3. The third-order valence-corrected chi connectivity index (χ3v) is 3.27. The minimum absolute atomic E-state index is 0.127. The maximum atomic E-state index is 11.9. The van der Waals surface area contributed by atoms with Crippen molar-refractivity contribution in [1.29, 1.82) is 0 Å². The summed E-state index contributed by atoms with van der Waals surface area (Å²) in [6.07, 6.45) is 0.863. The molecule has 7 heteroatoms. The van der Waals surface area contributed by atoms with Crippen LogP contribution in [0.25, 0.3) is 0 Å². The number of carbonyl (C=O) groups is 2. The minimum atomic E-state index is -0.912. The summed E-state index contributed by atoms with van der Waals surface area (Å²) in [5.41, 5.74) is 0. The highest BCUT2D eigenvalue weighted by atomic mass is 16.4. The van der Waals surface area contributed by atoms with Crippen LogP contribution >= 0.6 is 0 Å². The van der Waals surface area contributed by atoms with Crippen LogP contribution in [0.1, 0.15) is 13.3 Å². The molecule has 0 aromatic heterocycles. The second-order valence-corrected chi connectivity index (χ2v) is 4.83. The minimum Gasteiger partial charge on any atom is -0.481 e. The first-order chi connectivity index (χ1) is 9.04. The maximum Gasteiger partial charge on any atom is 0.317 e. The van der Waals surface area contributed by atoms with Crippen molar-refractivity contribution in [2.24, 2.45) is 5.92 Å². The highest BCUT2D eigenvalue weighted by Crippen LogP contribution is 2.03. The summed E-state index contributed by atoms with van der Waals surface area (Å²) in [6, 6.07) is -0.209. The van der Waals surface area contributed by atoms with Gasteiger partial charge in [-0.25, -0.2) is 4.79 Å². The zero-order chi connectivity index (χ0) is 14.3. The smallest absolute Gasteiger partial charge is 0.317 e. The zero-order valence-electron chi connectivity index (χ0n) is 11.3. The summed E-state index contributed by atoms with van der Waals surface area (Å²) in [5.74, 6) is -1.49. The average molecular weight is 273 g/mol. The van der Waals surface area contributed by atoms with E-state index in [0.29, 0.717) is 19.6 Å². The number of carboxylic acid groups (broad SMARTS) is 1. The van der Waals surface area contributed by atoms with Gasteiger partial charge in [0.15, 0.2) is 0 Å². The molecule has 0 aliphatic carbocycles. The Bertz CT molecular complexity index is 311. The lowest BCUT2D eigenvalue weighted by atomic mass is 10.2. The second kappa shape index (κ2) is 7.96. The van der Waals surface area contributed by atoms with E-state index in [1.54, 1.807) is 11.8 Å². The lowest BCUT2D eigenvalue weighted by Crippen LogP contribution is -2.44. The largest absolute Gasteiger partial charge is 0.481 e. The molecule has 1 rings (SSSR count). The Morgan fingerprint density at radius 3 is 2.63 bits per heavy atom. The number of β-amino-alcohol motifs (C(OH)–C–C–N with tert-alkyl or cyclic N) is 1. The molecule has 19 heavy (non-hydrogen) atoms. The molecule has 1 unspecified atom stereocenters. The van der Waals surface area contributed by atoms with Crippen LogP contribution in [0.5, 0.6) is 0 Å². The molecule has 3 N–H and O–H groups in total. The van der Waals surface area contributed by atoms with Gasteiger partial charge in [0, 0.05) is 32.7 Å². The molecular weight excluding hydrogens is 250 g/mol. The Hall–Kier alpha value is -1.34. The number of carbonyl (C=O) groups excluding carboxylic acids is 1. The van der Waals surface area contributed by atoms with Crippen molar-refractivity contribution in [3.05, 3.63) is 0 Å². The van der Waals surface area contributed by atoms with Crippen molar-refractivity contribution in [3.63, 3.8) is 0 Å². The van der Waals surface area contributed by atoms with Crippen molar-refractivity contribution >= 4 is 12.0 Å². The first-order valence-corrected chi connectivity index (χ1v) is 6.63. The summed E-state index contributed by atoms with van der Waals surface area (Å²) in [4.78, 5) is 26.4. The van der Waals surface area contributed by atoms with E-state index in [0.717, 1.165) is 19.5 Å². The van der Waals surface area contributed by atoms with Crippen molar-refractivity contribution in [2.45, 2.75) is 13.3 Å². The van der Waals surface area contributed by atoms with Crippen LogP contribution in [0.4, 0.5) is 4.79 Å². The van der Waals surface area contributed by atoms with Crippen LogP contribution in [0.3, 0.4) is 0 Å². The van der Waals surface area contributed by atoms with E-state index in [2.05, 4.69) is 10.2 Å². The maximum absolute atomic E-state index is 11.9. The van der Waals surface area contributed by atoms with Gasteiger partial charge in [0.2, 0.25) is 0 Å². The predicted molar refractivity (Wildman–Crippen MR) is 69.9 cm³/mol. The zero-order valence-corrected chi connectivity index (χ0v) is 11.3. The summed E-state index contributed by atoms with van der Waals surface area (Å²) in [6.45, 7) is 5.34. The van der Waals surface area contributed by atoms with Gasteiger partial charge in [-0.1, -0.05) is 6.92 Å². The molecule has 0 aromatic rings.